The van der Waals surface area contributed by atoms with E-state index in [2.05, 4.69) is 25.1 Å². The smallest absolute Gasteiger partial charge is 0.303 e. The van der Waals surface area contributed by atoms with Gasteiger partial charge in [-0.2, -0.15) is 0 Å². The molecule has 138 valence electrons. The third-order valence-electron chi connectivity index (χ3n) is 5.16. The molecule has 8 heteroatoms. The number of aliphatic carboxylic acids is 1. The van der Waals surface area contributed by atoms with Crippen molar-refractivity contribution in [2.45, 2.75) is 38.1 Å². The van der Waals surface area contributed by atoms with Crippen molar-refractivity contribution < 1.29 is 14.7 Å². The molecule has 0 spiro atoms. The Hall–Kier alpha value is -1.96. The molecule has 3 aliphatic heterocycles. The number of carboxylic acids is 1. The van der Waals surface area contributed by atoms with E-state index in [9.17, 15) is 9.59 Å². The lowest BCUT2D eigenvalue weighted by molar-refractivity contribution is -0.138. The van der Waals surface area contributed by atoms with Gasteiger partial charge in [0.15, 0.2) is 0 Å². The topological polar surface area (TPSA) is 97.6 Å². The number of nitrogens with zero attached hydrogens (tertiary/aromatic N) is 4. The summed E-state index contributed by atoms with van der Waals surface area (Å²) >= 11 is 0. The van der Waals surface area contributed by atoms with Crippen molar-refractivity contribution in [1.29, 1.82) is 0 Å². The van der Waals surface area contributed by atoms with Gasteiger partial charge in [0, 0.05) is 64.4 Å². The van der Waals surface area contributed by atoms with Crippen molar-refractivity contribution >= 4 is 24.1 Å². The standard InChI is InChI=1S/C17H27N5O3/c23-15(4-5-16(24)25)20-10-13-2-3-14-12-22(9-8-21(14)11-13)17-18-6-1-7-19-17/h6,13-14H,1-5,7-12H2,(H,20,23)(H,24,25). The van der Waals surface area contributed by atoms with Crippen LogP contribution in [-0.4, -0.2) is 84.3 Å². The highest BCUT2D eigenvalue weighted by atomic mass is 16.4. The third-order valence-corrected chi connectivity index (χ3v) is 5.16. The van der Waals surface area contributed by atoms with E-state index < -0.39 is 5.97 Å². The summed E-state index contributed by atoms with van der Waals surface area (Å²) in [7, 11) is 0. The van der Waals surface area contributed by atoms with Gasteiger partial charge in [-0.3, -0.25) is 19.5 Å². The van der Waals surface area contributed by atoms with E-state index in [1.807, 2.05) is 6.21 Å². The fourth-order valence-corrected chi connectivity index (χ4v) is 3.76. The first kappa shape index (κ1) is 17.8. The summed E-state index contributed by atoms with van der Waals surface area (Å²) in [5, 5.41) is 11.5. The lowest BCUT2D eigenvalue weighted by atomic mass is 9.91. The Kier molecular flexibility index (Phi) is 6.01. The number of piperidine rings is 1. The van der Waals surface area contributed by atoms with Gasteiger partial charge >= 0.3 is 5.97 Å². The number of fused-ring (bicyclic) bond motifs is 1. The molecule has 3 rings (SSSR count). The highest BCUT2D eigenvalue weighted by Gasteiger charge is 2.33. The fourth-order valence-electron chi connectivity index (χ4n) is 3.76. The quantitative estimate of drug-likeness (QED) is 0.739. The Bertz CT molecular complexity index is 562. The Morgan fingerprint density at radius 2 is 2.12 bits per heavy atom. The monoisotopic (exact) mass is 349 g/mol. The van der Waals surface area contributed by atoms with Crippen molar-refractivity contribution in [3.8, 4) is 0 Å². The summed E-state index contributed by atoms with van der Waals surface area (Å²) < 4.78 is 0. The van der Waals surface area contributed by atoms with Crippen LogP contribution in [0.1, 0.15) is 32.1 Å². The number of nitrogens with one attached hydrogen (secondary N) is 1. The number of hydrogen-bond acceptors (Lipinski definition) is 6. The lowest BCUT2D eigenvalue weighted by Crippen LogP contribution is -2.58. The van der Waals surface area contributed by atoms with Crippen molar-refractivity contribution in [3.63, 3.8) is 0 Å². The number of aliphatic imine (C=N–C) groups is 2. The number of amides is 1. The van der Waals surface area contributed by atoms with Gasteiger partial charge in [0.05, 0.1) is 6.42 Å². The minimum Gasteiger partial charge on any atom is -0.481 e. The van der Waals surface area contributed by atoms with Crippen LogP contribution in [0.4, 0.5) is 0 Å². The second-order valence-electron chi connectivity index (χ2n) is 7.02. The number of carbonyl (C=O) groups is 2. The van der Waals surface area contributed by atoms with Gasteiger partial charge in [0.25, 0.3) is 0 Å². The number of carbonyl (C=O) groups excluding carboxylic acids is 1. The van der Waals surface area contributed by atoms with Gasteiger partial charge in [0.2, 0.25) is 11.9 Å². The van der Waals surface area contributed by atoms with E-state index >= 15 is 0 Å². The van der Waals surface area contributed by atoms with Gasteiger partial charge in [0.1, 0.15) is 0 Å². The van der Waals surface area contributed by atoms with Crippen molar-refractivity contribution in [3.05, 3.63) is 0 Å². The largest absolute Gasteiger partial charge is 0.481 e. The molecule has 1 amide bonds. The van der Waals surface area contributed by atoms with E-state index in [-0.39, 0.29) is 18.7 Å². The summed E-state index contributed by atoms with van der Waals surface area (Å²) in [6.45, 7) is 5.41. The first-order valence-corrected chi connectivity index (χ1v) is 9.16. The van der Waals surface area contributed by atoms with Crippen LogP contribution < -0.4 is 5.32 Å². The number of hydrogen-bond donors (Lipinski definition) is 2. The van der Waals surface area contributed by atoms with Crippen LogP contribution in [-0.2, 0) is 9.59 Å². The van der Waals surface area contributed by atoms with Crippen molar-refractivity contribution in [2.75, 3.05) is 39.3 Å². The summed E-state index contributed by atoms with van der Waals surface area (Å²) in [5.74, 6) is 0.239. The molecule has 2 fully saturated rings. The van der Waals surface area contributed by atoms with E-state index in [1.54, 1.807) is 0 Å². The highest BCUT2D eigenvalue weighted by Crippen LogP contribution is 2.25. The summed E-state index contributed by atoms with van der Waals surface area (Å²) in [6.07, 6.45) is 5.05. The summed E-state index contributed by atoms with van der Waals surface area (Å²) in [5.41, 5.74) is 0. The average molecular weight is 349 g/mol. The molecule has 0 bridgehead atoms. The van der Waals surface area contributed by atoms with Crippen molar-refractivity contribution in [1.82, 2.24) is 15.1 Å². The fraction of sp³-hybridized carbons (Fsp3) is 0.765. The molecule has 2 unspecified atom stereocenters. The predicted octanol–water partition coefficient (Wildman–Crippen LogP) is 0.194. The number of piperazine rings is 1. The second kappa shape index (κ2) is 8.42. The molecule has 3 aliphatic rings. The molecule has 0 saturated carbocycles. The predicted molar refractivity (Wildman–Crippen MR) is 94.9 cm³/mol. The Morgan fingerprint density at radius 1 is 1.24 bits per heavy atom. The third kappa shape index (κ3) is 5.01. The molecule has 0 radical (unpaired) electrons. The molecule has 0 aromatic heterocycles. The zero-order valence-electron chi connectivity index (χ0n) is 14.6. The SMILES string of the molecule is O=C(O)CCC(=O)NCC1CCC2CN(C3=NCCC=N3)CCN2C1. The Balaban J connectivity index is 1.41. The Morgan fingerprint density at radius 3 is 2.88 bits per heavy atom. The minimum absolute atomic E-state index is 0.0615. The maximum Gasteiger partial charge on any atom is 0.303 e. The van der Waals surface area contributed by atoms with Crippen LogP contribution in [0.5, 0.6) is 0 Å². The Labute approximate surface area is 148 Å². The van der Waals surface area contributed by atoms with Gasteiger partial charge < -0.3 is 15.3 Å². The molecule has 2 N–H and O–H groups in total. The molecule has 0 aromatic carbocycles. The van der Waals surface area contributed by atoms with Gasteiger partial charge in [-0.1, -0.05) is 0 Å². The highest BCUT2D eigenvalue weighted by molar-refractivity contribution is 5.89. The van der Waals surface area contributed by atoms with Crippen LogP contribution in [0.25, 0.3) is 0 Å². The maximum absolute atomic E-state index is 11.7. The zero-order chi connectivity index (χ0) is 17.6. The number of carboxylic acid groups (broad SMARTS) is 1. The molecule has 0 aromatic rings. The van der Waals surface area contributed by atoms with E-state index in [0.29, 0.717) is 18.5 Å². The van der Waals surface area contributed by atoms with Crippen LogP contribution in [0, 0.1) is 5.92 Å². The molecule has 8 nitrogen and oxygen atoms in total. The van der Waals surface area contributed by atoms with Gasteiger partial charge in [-0.05, 0) is 18.8 Å². The van der Waals surface area contributed by atoms with Gasteiger partial charge in [-0.15, -0.1) is 0 Å². The number of rotatable bonds is 5. The molecular formula is C17H27N5O3. The zero-order valence-corrected chi connectivity index (χ0v) is 14.6. The van der Waals surface area contributed by atoms with Gasteiger partial charge in [-0.25, -0.2) is 4.99 Å². The van der Waals surface area contributed by atoms with Crippen LogP contribution >= 0.6 is 0 Å². The molecule has 3 heterocycles. The van der Waals surface area contributed by atoms with E-state index in [4.69, 9.17) is 5.11 Å². The molecule has 2 atom stereocenters. The van der Waals surface area contributed by atoms with E-state index in [0.717, 1.165) is 57.9 Å². The number of guanidine groups is 1. The normalized spacial score (nSPS) is 26.7. The maximum atomic E-state index is 11.7. The summed E-state index contributed by atoms with van der Waals surface area (Å²) in [4.78, 5) is 35.9. The summed E-state index contributed by atoms with van der Waals surface area (Å²) in [6, 6.07) is 0.535. The van der Waals surface area contributed by atoms with Crippen LogP contribution in [0.2, 0.25) is 0 Å². The average Bonchev–Trinajstić information content (AvgIpc) is 2.64. The lowest BCUT2D eigenvalue weighted by Gasteiger charge is -2.46. The molecular weight excluding hydrogens is 322 g/mol. The minimum atomic E-state index is -0.930. The van der Waals surface area contributed by atoms with Crippen LogP contribution in [0.3, 0.4) is 0 Å². The first-order chi connectivity index (χ1) is 12.1. The van der Waals surface area contributed by atoms with E-state index in [1.165, 1.54) is 0 Å². The molecule has 2 saturated heterocycles. The van der Waals surface area contributed by atoms with Crippen LogP contribution in [0.15, 0.2) is 9.98 Å². The first-order valence-electron chi connectivity index (χ1n) is 9.16. The van der Waals surface area contributed by atoms with Crippen molar-refractivity contribution in [2.24, 2.45) is 15.9 Å². The molecule has 0 aliphatic carbocycles. The second-order valence-corrected chi connectivity index (χ2v) is 7.02. The molecule has 25 heavy (non-hydrogen) atoms.